The summed E-state index contributed by atoms with van der Waals surface area (Å²) in [5.74, 6) is -0.290. The van der Waals surface area contributed by atoms with E-state index in [9.17, 15) is 10.1 Å². The second kappa shape index (κ2) is 9.09. The first kappa shape index (κ1) is 23.7. The number of aromatic nitrogens is 5. The zero-order valence-corrected chi connectivity index (χ0v) is 19.6. The average molecular weight is 491 g/mol. The summed E-state index contributed by atoms with van der Waals surface area (Å²) in [6.07, 6.45) is 1.58. The number of halogens is 1. The van der Waals surface area contributed by atoms with Gasteiger partial charge >= 0.3 is 6.09 Å². The van der Waals surface area contributed by atoms with E-state index in [1.165, 1.54) is 13.3 Å². The van der Waals surface area contributed by atoms with Gasteiger partial charge in [0.25, 0.3) is 0 Å². The first-order valence-corrected chi connectivity index (χ1v) is 10.6. The Kier molecular flexibility index (Phi) is 6.17. The van der Waals surface area contributed by atoms with Gasteiger partial charge in [0.2, 0.25) is 0 Å². The summed E-state index contributed by atoms with van der Waals surface area (Å²) in [4.78, 5) is 28.7. The maximum Gasteiger partial charge on any atom is 0.410 e. The van der Waals surface area contributed by atoms with Gasteiger partial charge in [-0.1, -0.05) is 29.8 Å². The van der Waals surface area contributed by atoms with E-state index in [2.05, 4.69) is 26.0 Å². The van der Waals surface area contributed by atoms with Crippen molar-refractivity contribution in [2.24, 2.45) is 7.05 Å². The van der Waals surface area contributed by atoms with E-state index >= 15 is 0 Å². The normalized spacial score (nSPS) is 12.7. The number of nitrogens with one attached hydrogen (secondary N) is 2. The lowest BCUT2D eigenvalue weighted by Crippen LogP contribution is -2.30. The first-order valence-electron chi connectivity index (χ1n) is 10.2. The maximum absolute atomic E-state index is 11.1. The molecule has 0 saturated carbocycles. The predicted octanol–water partition coefficient (Wildman–Crippen LogP) is 3.45. The van der Waals surface area contributed by atoms with Crippen LogP contribution in [0.5, 0.6) is 0 Å². The van der Waals surface area contributed by atoms with Crippen molar-refractivity contribution >= 4 is 34.7 Å². The molecule has 0 radical (unpaired) electrons. The number of benzene rings is 1. The highest BCUT2D eigenvalue weighted by atomic mass is 35.5. The number of amides is 1. The lowest BCUT2D eigenvalue weighted by Gasteiger charge is -2.29. The maximum atomic E-state index is 11.1. The number of ether oxygens (including phenoxy) is 1. The van der Waals surface area contributed by atoms with Gasteiger partial charge in [-0.2, -0.15) is 5.26 Å². The molecule has 3 aromatic heterocycles. The molecule has 11 nitrogen and oxygen atoms in total. The third-order valence-corrected chi connectivity index (χ3v) is 5.77. The monoisotopic (exact) mass is 490 g/mol. The minimum atomic E-state index is -1.42. The van der Waals surface area contributed by atoms with Crippen LogP contribution in [-0.4, -0.2) is 48.6 Å². The van der Waals surface area contributed by atoms with Crippen LogP contribution in [0.4, 0.5) is 4.79 Å². The minimum Gasteiger partial charge on any atom is -0.465 e. The molecule has 0 bridgehead atoms. The van der Waals surface area contributed by atoms with E-state index in [1.54, 1.807) is 55.1 Å². The molecule has 3 heterocycles. The third kappa shape index (κ3) is 4.16. The summed E-state index contributed by atoms with van der Waals surface area (Å²) >= 11 is 6.16. The lowest BCUT2D eigenvalue weighted by atomic mass is 9.90. The number of nitrogens with zero attached hydrogens (tertiary/aromatic N) is 6. The molecule has 12 heteroatoms. The number of hydrogen-bond acceptors (Lipinski definition) is 8. The molecule has 3 N–H and O–H groups in total. The quantitative estimate of drug-likeness (QED) is 0.283. The number of carbonyl (C=O) groups is 1. The van der Waals surface area contributed by atoms with Crippen LogP contribution in [0.15, 0.2) is 42.7 Å². The second-order valence-electron chi connectivity index (χ2n) is 7.65. The van der Waals surface area contributed by atoms with Gasteiger partial charge in [0.15, 0.2) is 17.3 Å². The lowest BCUT2D eigenvalue weighted by molar-refractivity contribution is 0.0293. The highest BCUT2D eigenvalue weighted by Crippen LogP contribution is 2.37. The molecule has 0 aliphatic rings. The number of amidine groups is 1. The summed E-state index contributed by atoms with van der Waals surface area (Å²) in [6.45, 7) is 1.79. The predicted molar refractivity (Wildman–Crippen MR) is 127 cm³/mol. The number of pyridine rings is 1. The smallest absolute Gasteiger partial charge is 0.410 e. The van der Waals surface area contributed by atoms with Crippen molar-refractivity contribution in [3.63, 3.8) is 0 Å². The number of carboxylic acid groups (broad SMARTS) is 1. The van der Waals surface area contributed by atoms with Gasteiger partial charge in [-0.15, -0.1) is 0 Å². The third-order valence-electron chi connectivity index (χ3n) is 5.56. The van der Waals surface area contributed by atoms with E-state index in [0.717, 1.165) is 0 Å². The summed E-state index contributed by atoms with van der Waals surface area (Å²) in [5.41, 5.74) is 1.39. The zero-order valence-electron chi connectivity index (χ0n) is 18.9. The van der Waals surface area contributed by atoms with Crippen molar-refractivity contribution in [3.8, 4) is 17.3 Å². The number of fused-ring (bicyclic) bond motifs is 1. The highest BCUT2D eigenvalue weighted by Gasteiger charge is 2.37. The fourth-order valence-electron chi connectivity index (χ4n) is 3.87. The molecule has 4 aromatic rings. The van der Waals surface area contributed by atoms with E-state index in [-0.39, 0.29) is 11.5 Å². The van der Waals surface area contributed by atoms with Gasteiger partial charge in [0.05, 0.1) is 16.7 Å². The average Bonchev–Trinajstić information content (AvgIpc) is 3.19. The Bertz CT molecular complexity index is 1530. The summed E-state index contributed by atoms with van der Waals surface area (Å²) < 4.78 is 7.65. The Hall–Kier alpha value is -4.40. The SMILES string of the molecule is COC(C)(c1ccccc1C#N)c1nc2nc(C(=N)NC(=O)O)nc(-c3cncc(Cl)c3)c2n1C. The standard InChI is InChI=1S/C23H19ClN8O3/c1-23(35-3,15-7-5-4-6-12(15)9-25)21-31-19-17(32(21)2)16(13-8-14(24)11-27-10-13)28-20(30-19)18(26)29-22(33)34/h4-8,10-11H,1-3H3,(H2,26,29)(H,33,34). The zero-order chi connectivity index (χ0) is 25.3. The van der Waals surface area contributed by atoms with E-state index < -0.39 is 17.5 Å². The Balaban J connectivity index is 2.04. The number of imidazole rings is 1. The van der Waals surface area contributed by atoms with Gasteiger partial charge in [-0.25, -0.2) is 19.7 Å². The molecule has 176 valence electrons. The van der Waals surface area contributed by atoms with E-state index in [1.807, 2.05) is 5.32 Å². The van der Waals surface area contributed by atoms with Crippen molar-refractivity contribution in [3.05, 3.63) is 70.5 Å². The van der Waals surface area contributed by atoms with E-state index in [4.69, 9.17) is 26.9 Å². The van der Waals surface area contributed by atoms with Crippen molar-refractivity contribution in [1.29, 1.82) is 10.7 Å². The number of aryl methyl sites for hydroxylation is 1. The van der Waals surface area contributed by atoms with Crippen molar-refractivity contribution in [2.75, 3.05) is 7.11 Å². The minimum absolute atomic E-state index is 0.184. The molecular weight excluding hydrogens is 472 g/mol. The van der Waals surface area contributed by atoms with Crippen LogP contribution in [0.3, 0.4) is 0 Å². The van der Waals surface area contributed by atoms with Crippen LogP contribution >= 0.6 is 11.6 Å². The number of nitriles is 1. The molecule has 0 spiro atoms. The number of hydrogen-bond donors (Lipinski definition) is 3. The topological polar surface area (TPSA) is 163 Å². The van der Waals surface area contributed by atoms with Crippen LogP contribution < -0.4 is 5.32 Å². The van der Waals surface area contributed by atoms with Gasteiger partial charge in [0, 0.05) is 37.7 Å². The number of methoxy groups -OCH3 is 1. The van der Waals surface area contributed by atoms with Crippen molar-refractivity contribution in [2.45, 2.75) is 12.5 Å². The van der Waals surface area contributed by atoms with Crippen LogP contribution in [-0.2, 0) is 17.4 Å². The summed E-state index contributed by atoms with van der Waals surface area (Å²) in [6, 6.07) is 10.9. The number of rotatable bonds is 5. The molecule has 1 aromatic carbocycles. The fourth-order valence-corrected chi connectivity index (χ4v) is 4.05. The van der Waals surface area contributed by atoms with Crippen molar-refractivity contribution in [1.82, 2.24) is 29.8 Å². The molecule has 4 rings (SSSR count). The molecule has 1 unspecified atom stereocenters. The van der Waals surface area contributed by atoms with Crippen LogP contribution in [0.1, 0.15) is 29.7 Å². The van der Waals surface area contributed by atoms with Gasteiger partial charge < -0.3 is 14.4 Å². The molecule has 0 fully saturated rings. The van der Waals surface area contributed by atoms with Gasteiger partial charge in [-0.05, 0) is 19.1 Å². The Labute approximate surface area is 204 Å². The molecule has 1 atom stereocenters. The summed E-state index contributed by atoms with van der Waals surface area (Å²) in [7, 11) is 3.27. The largest absolute Gasteiger partial charge is 0.465 e. The molecule has 35 heavy (non-hydrogen) atoms. The molecule has 0 aliphatic heterocycles. The Morgan fingerprint density at radius 3 is 2.69 bits per heavy atom. The van der Waals surface area contributed by atoms with Crippen LogP contribution in [0.2, 0.25) is 5.02 Å². The van der Waals surface area contributed by atoms with Gasteiger partial charge in [-0.3, -0.25) is 15.7 Å². The van der Waals surface area contributed by atoms with E-state index in [0.29, 0.717) is 38.7 Å². The van der Waals surface area contributed by atoms with Gasteiger partial charge in [0.1, 0.15) is 22.6 Å². The molecule has 1 amide bonds. The fraction of sp³-hybridized carbons (Fsp3) is 0.174. The molecule has 0 aliphatic carbocycles. The summed E-state index contributed by atoms with van der Waals surface area (Å²) in [5, 5.41) is 29.1. The Morgan fingerprint density at radius 1 is 1.29 bits per heavy atom. The van der Waals surface area contributed by atoms with Crippen molar-refractivity contribution < 1.29 is 14.6 Å². The molecule has 0 saturated heterocycles. The van der Waals surface area contributed by atoms with Crippen LogP contribution in [0.25, 0.3) is 22.4 Å². The first-order chi connectivity index (χ1) is 16.7. The van der Waals surface area contributed by atoms with Crippen LogP contribution in [0, 0.1) is 16.7 Å². The highest BCUT2D eigenvalue weighted by molar-refractivity contribution is 6.30. The molecular formula is C23H19ClN8O3. The Morgan fingerprint density at radius 2 is 2.03 bits per heavy atom. The second-order valence-corrected chi connectivity index (χ2v) is 8.09.